The molecular weight excluding hydrogens is 340 g/mol. The van der Waals surface area contributed by atoms with Crippen LogP contribution in [0.3, 0.4) is 0 Å². The number of benzene rings is 2. The Morgan fingerprint density at radius 1 is 0.889 bits per heavy atom. The second-order valence-electron chi connectivity index (χ2n) is 6.36. The van der Waals surface area contributed by atoms with Crippen LogP contribution < -0.4 is 15.4 Å². The molecular formula is C22H28N2O3. The van der Waals surface area contributed by atoms with Gasteiger partial charge in [0.15, 0.2) is 0 Å². The fourth-order valence-corrected chi connectivity index (χ4v) is 2.80. The summed E-state index contributed by atoms with van der Waals surface area (Å²) in [5.74, 6) is 0.480. The van der Waals surface area contributed by atoms with Crippen molar-refractivity contribution < 1.29 is 14.3 Å². The molecule has 2 N–H and O–H groups in total. The van der Waals surface area contributed by atoms with Gasteiger partial charge in [0.05, 0.1) is 7.11 Å². The lowest BCUT2D eigenvalue weighted by molar-refractivity contribution is 0.0952. The topological polar surface area (TPSA) is 67.4 Å². The van der Waals surface area contributed by atoms with Crippen molar-refractivity contribution in [1.82, 2.24) is 10.6 Å². The Hall–Kier alpha value is -2.82. The number of nitrogens with one attached hydrogen (secondary N) is 2. The van der Waals surface area contributed by atoms with Gasteiger partial charge in [-0.1, -0.05) is 44.0 Å². The molecule has 2 rings (SSSR count). The first-order valence-electron chi connectivity index (χ1n) is 9.44. The van der Waals surface area contributed by atoms with Gasteiger partial charge in [0.25, 0.3) is 11.8 Å². The molecule has 5 heteroatoms. The largest absolute Gasteiger partial charge is 0.496 e. The standard InChI is InChI=1S/C22H28N2O3/c1-3-4-7-14-23-21(25)18-10-8-11-19(16-18)22(26)24-15-13-17-9-5-6-12-20(17)27-2/h5-6,8-12,16H,3-4,7,13-15H2,1-2H3,(H,23,25)(H,24,26). The van der Waals surface area contributed by atoms with Crippen molar-refractivity contribution >= 4 is 11.8 Å². The molecule has 144 valence electrons. The quantitative estimate of drug-likeness (QED) is 0.630. The lowest BCUT2D eigenvalue weighted by Crippen LogP contribution is -2.27. The second kappa shape index (κ2) is 11.0. The number of hydrogen-bond donors (Lipinski definition) is 2. The van der Waals surface area contributed by atoms with E-state index in [0.717, 1.165) is 30.6 Å². The third kappa shape index (κ3) is 6.44. The molecule has 2 aromatic carbocycles. The Labute approximate surface area is 161 Å². The van der Waals surface area contributed by atoms with E-state index < -0.39 is 0 Å². The number of ether oxygens (including phenoxy) is 1. The van der Waals surface area contributed by atoms with Crippen molar-refractivity contribution in [3.63, 3.8) is 0 Å². The molecule has 0 unspecified atom stereocenters. The van der Waals surface area contributed by atoms with Crippen molar-refractivity contribution in [2.24, 2.45) is 0 Å². The predicted octanol–water partition coefficient (Wildman–Crippen LogP) is 3.59. The SMILES string of the molecule is CCCCCNC(=O)c1cccc(C(=O)NCCc2ccccc2OC)c1. The van der Waals surface area contributed by atoms with E-state index in [9.17, 15) is 9.59 Å². The van der Waals surface area contributed by atoms with Gasteiger partial charge >= 0.3 is 0 Å². The number of carbonyl (C=O) groups excluding carboxylic acids is 2. The van der Waals surface area contributed by atoms with E-state index in [1.807, 2.05) is 24.3 Å². The van der Waals surface area contributed by atoms with Crippen molar-refractivity contribution in [2.75, 3.05) is 20.2 Å². The van der Waals surface area contributed by atoms with Crippen LogP contribution in [0.25, 0.3) is 0 Å². The maximum Gasteiger partial charge on any atom is 0.251 e. The molecule has 27 heavy (non-hydrogen) atoms. The zero-order valence-electron chi connectivity index (χ0n) is 16.1. The average Bonchev–Trinajstić information content (AvgIpc) is 2.71. The third-order valence-corrected chi connectivity index (χ3v) is 4.33. The molecule has 0 aliphatic heterocycles. The van der Waals surface area contributed by atoms with Gasteiger partial charge in [-0.15, -0.1) is 0 Å². The highest BCUT2D eigenvalue weighted by Crippen LogP contribution is 2.17. The van der Waals surface area contributed by atoms with Crippen LogP contribution >= 0.6 is 0 Å². The van der Waals surface area contributed by atoms with E-state index in [2.05, 4.69) is 17.6 Å². The molecule has 0 saturated heterocycles. The summed E-state index contributed by atoms with van der Waals surface area (Å²) in [6.07, 6.45) is 3.84. The van der Waals surface area contributed by atoms with Gasteiger partial charge < -0.3 is 15.4 Å². The number of carbonyl (C=O) groups is 2. The highest BCUT2D eigenvalue weighted by atomic mass is 16.5. The summed E-state index contributed by atoms with van der Waals surface area (Å²) >= 11 is 0. The minimum Gasteiger partial charge on any atom is -0.496 e. The number of unbranched alkanes of at least 4 members (excludes halogenated alkanes) is 2. The van der Waals surface area contributed by atoms with Crippen LogP contribution in [0.2, 0.25) is 0 Å². The summed E-state index contributed by atoms with van der Waals surface area (Å²) in [7, 11) is 1.64. The van der Waals surface area contributed by atoms with Crippen LogP contribution in [0.4, 0.5) is 0 Å². The van der Waals surface area contributed by atoms with Crippen LogP contribution in [0.1, 0.15) is 52.5 Å². The van der Waals surface area contributed by atoms with Gasteiger partial charge in [0, 0.05) is 24.2 Å². The first-order valence-corrected chi connectivity index (χ1v) is 9.44. The molecule has 0 aliphatic rings. The fraction of sp³-hybridized carbons (Fsp3) is 0.364. The minimum absolute atomic E-state index is 0.144. The van der Waals surface area contributed by atoms with Crippen molar-refractivity contribution in [3.8, 4) is 5.75 Å². The Morgan fingerprint density at radius 3 is 2.22 bits per heavy atom. The van der Waals surface area contributed by atoms with Crippen LogP contribution in [-0.4, -0.2) is 32.0 Å². The maximum atomic E-state index is 12.4. The number of amides is 2. The Kier molecular flexibility index (Phi) is 8.36. The van der Waals surface area contributed by atoms with Gasteiger partial charge in [0.2, 0.25) is 0 Å². The lowest BCUT2D eigenvalue weighted by Gasteiger charge is -2.10. The summed E-state index contributed by atoms with van der Waals surface area (Å²) < 4.78 is 5.32. The summed E-state index contributed by atoms with van der Waals surface area (Å²) in [4.78, 5) is 24.6. The smallest absolute Gasteiger partial charge is 0.251 e. The van der Waals surface area contributed by atoms with Gasteiger partial charge in [-0.25, -0.2) is 0 Å². The molecule has 5 nitrogen and oxygen atoms in total. The normalized spacial score (nSPS) is 10.3. The molecule has 0 atom stereocenters. The van der Waals surface area contributed by atoms with Crippen molar-refractivity contribution in [3.05, 3.63) is 65.2 Å². The molecule has 0 radical (unpaired) electrons. The molecule has 0 bridgehead atoms. The van der Waals surface area contributed by atoms with E-state index in [4.69, 9.17) is 4.74 Å². The lowest BCUT2D eigenvalue weighted by atomic mass is 10.1. The molecule has 0 spiro atoms. The summed E-state index contributed by atoms with van der Waals surface area (Å²) in [6, 6.07) is 14.5. The number of para-hydroxylation sites is 1. The first kappa shape index (κ1) is 20.5. The zero-order chi connectivity index (χ0) is 19.5. The number of methoxy groups -OCH3 is 1. The maximum absolute atomic E-state index is 12.4. The molecule has 0 fully saturated rings. The van der Waals surface area contributed by atoms with Gasteiger partial charge in [-0.2, -0.15) is 0 Å². The van der Waals surface area contributed by atoms with E-state index in [1.165, 1.54) is 0 Å². The molecule has 0 saturated carbocycles. The Morgan fingerprint density at radius 2 is 1.56 bits per heavy atom. The summed E-state index contributed by atoms with van der Waals surface area (Å²) in [5.41, 5.74) is 2.03. The Bertz CT molecular complexity index is 759. The second-order valence-corrected chi connectivity index (χ2v) is 6.36. The van der Waals surface area contributed by atoms with E-state index in [0.29, 0.717) is 30.6 Å². The zero-order valence-corrected chi connectivity index (χ0v) is 16.1. The van der Waals surface area contributed by atoms with Gasteiger partial charge in [-0.3, -0.25) is 9.59 Å². The molecule has 2 amide bonds. The highest BCUT2D eigenvalue weighted by Gasteiger charge is 2.10. The summed E-state index contributed by atoms with van der Waals surface area (Å²) in [6.45, 7) is 3.27. The number of rotatable bonds is 10. The summed E-state index contributed by atoms with van der Waals surface area (Å²) in [5, 5.41) is 5.79. The first-order chi connectivity index (χ1) is 13.2. The van der Waals surface area contributed by atoms with E-state index >= 15 is 0 Å². The fourth-order valence-electron chi connectivity index (χ4n) is 2.80. The molecule has 0 aromatic heterocycles. The van der Waals surface area contributed by atoms with Crippen molar-refractivity contribution in [1.29, 1.82) is 0 Å². The average molecular weight is 368 g/mol. The van der Waals surface area contributed by atoms with Crippen LogP contribution in [0, 0.1) is 0 Å². The van der Waals surface area contributed by atoms with Crippen LogP contribution in [-0.2, 0) is 6.42 Å². The van der Waals surface area contributed by atoms with Crippen molar-refractivity contribution in [2.45, 2.75) is 32.6 Å². The highest BCUT2D eigenvalue weighted by molar-refractivity contribution is 5.99. The van der Waals surface area contributed by atoms with Crippen LogP contribution in [0.5, 0.6) is 5.75 Å². The third-order valence-electron chi connectivity index (χ3n) is 4.33. The number of hydrogen-bond acceptors (Lipinski definition) is 3. The van der Waals surface area contributed by atoms with Crippen LogP contribution in [0.15, 0.2) is 48.5 Å². The van der Waals surface area contributed by atoms with E-state index in [-0.39, 0.29) is 11.8 Å². The molecule has 0 aliphatic carbocycles. The van der Waals surface area contributed by atoms with Gasteiger partial charge in [0.1, 0.15) is 5.75 Å². The van der Waals surface area contributed by atoms with E-state index in [1.54, 1.807) is 31.4 Å². The molecule has 0 heterocycles. The molecule has 2 aromatic rings. The predicted molar refractivity (Wildman–Crippen MR) is 107 cm³/mol. The Balaban J connectivity index is 1.88. The van der Waals surface area contributed by atoms with Gasteiger partial charge in [-0.05, 0) is 42.7 Å². The monoisotopic (exact) mass is 368 g/mol. The minimum atomic E-state index is -0.189.